The van der Waals surface area contributed by atoms with E-state index in [1.807, 2.05) is 0 Å². The van der Waals surface area contributed by atoms with Crippen LogP contribution in [-0.4, -0.2) is 27.1 Å². The largest absolute Gasteiger partial charge is 0.478 e. The quantitative estimate of drug-likeness (QED) is 0.891. The van der Waals surface area contributed by atoms with E-state index in [9.17, 15) is 4.79 Å². The zero-order valence-corrected chi connectivity index (χ0v) is 13.5. The number of carboxylic acid groups (broad SMARTS) is 1. The highest BCUT2D eigenvalue weighted by Gasteiger charge is 2.38. The number of aromatic carboxylic acids is 1. The summed E-state index contributed by atoms with van der Waals surface area (Å²) in [4.78, 5) is 19.4. The third-order valence-electron chi connectivity index (χ3n) is 4.10. The van der Waals surface area contributed by atoms with Crippen molar-refractivity contribution in [2.75, 3.05) is 5.32 Å². The molecule has 0 spiro atoms. The van der Waals surface area contributed by atoms with Gasteiger partial charge >= 0.3 is 5.97 Å². The van der Waals surface area contributed by atoms with Gasteiger partial charge in [0.25, 0.3) is 0 Å². The van der Waals surface area contributed by atoms with Crippen LogP contribution in [0.3, 0.4) is 0 Å². The van der Waals surface area contributed by atoms with E-state index in [2.05, 4.69) is 43.0 Å². The Bertz CT molecular complexity index is 536. The summed E-state index contributed by atoms with van der Waals surface area (Å²) in [6.07, 6.45) is 4.72. The maximum atomic E-state index is 11.0. The van der Waals surface area contributed by atoms with Gasteiger partial charge < -0.3 is 10.4 Å². The summed E-state index contributed by atoms with van der Waals surface area (Å²) in [5.41, 5.74) is 1.23. The van der Waals surface area contributed by atoms with E-state index in [1.54, 1.807) is 6.92 Å². The highest BCUT2D eigenvalue weighted by atomic mass is 16.4. The number of carboxylic acids is 1. The number of carbonyl (C=O) groups is 1. The molecule has 0 bridgehead atoms. The fourth-order valence-electron chi connectivity index (χ4n) is 3.88. The summed E-state index contributed by atoms with van der Waals surface area (Å²) in [5, 5.41) is 12.4. The average molecular weight is 291 g/mol. The Kier molecular flexibility index (Phi) is 3.95. The van der Waals surface area contributed by atoms with Gasteiger partial charge in [0.2, 0.25) is 5.95 Å². The molecule has 0 aliphatic heterocycles. The van der Waals surface area contributed by atoms with Crippen molar-refractivity contribution in [1.82, 2.24) is 9.97 Å². The molecule has 0 radical (unpaired) electrons. The monoisotopic (exact) mass is 291 g/mol. The minimum Gasteiger partial charge on any atom is -0.478 e. The van der Waals surface area contributed by atoms with Gasteiger partial charge in [-0.25, -0.2) is 14.8 Å². The second-order valence-corrected chi connectivity index (χ2v) is 7.75. The van der Waals surface area contributed by atoms with Crippen LogP contribution in [0.15, 0.2) is 6.20 Å². The lowest BCUT2D eigenvalue weighted by Gasteiger charge is -2.45. The van der Waals surface area contributed by atoms with Crippen molar-refractivity contribution in [2.45, 2.75) is 59.9 Å². The number of nitrogens with one attached hydrogen (secondary N) is 1. The van der Waals surface area contributed by atoms with E-state index in [0.717, 1.165) is 12.8 Å². The van der Waals surface area contributed by atoms with Gasteiger partial charge in [0, 0.05) is 12.2 Å². The molecule has 2 N–H and O–H groups in total. The Hall–Kier alpha value is -1.65. The molecule has 0 amide bonds. The van der Waals surface area contributed by atoms with Crippen LogP contribution in [0.4, 0.5) is 5.95 Å². The van der Waals surface area contributed by atoms with Crippen LogP contribution in [0.1, 0.15) is 63.0 Å². The lowest BCUT2D eigenvalue weighted by Crippen LogP contribution is -2.40. The van der Waals surface area contributed by atoms with Gasteiger partial charge in [0.05, 0.1) is 11.3 Å². The highest BCUT2D eigenvalue weighted by Crippen LogP contribution is 2.46. The summed E-state index contributed by atoms with van der Waals surface area (Å²) in [6.45, 7) is 10.9. The average Bonchev–Trinajstić information content (AvgIpc) is 2.23. The lowest BCUT2D eigenvalue weighted by atomic mass is 9.63. The minimum atomic E-state index is -0.987. The first-order valence-electron chi connectivity index (χ1n) is 7.41. The Morgan fingerprint density at radius 1 is 1.29 bits per heavy atom. The van der Waals surface area contributed by atoms with Gasteiger partial charge in [-0.3, -0.25) is 0 Å². The van der Waals surface area contributed by atoms with E-state index in [-0.39, 0.29) is 16.4 Å². The highest BCUT2D eigenvalue weighted by molar-refractivity contribution is 5.88. The van der Waals surface area contributed by atoms with E-state index >= 15 is 0 Å². The summed E-state index contributed by atoms with van der Waals surface area (Å²) >= 11 is 0. The molecule has 0 saturated heterocycles. The zero-order valence-electron chi connectivity index (χ0n) is 13.5. The summed E-state index contributed by atoms with van der Waals surface area (Å²) in [5.74, 6) is -0.463. The summed E-state index contributed by atoms with van der Waals surface area (Å²) in [7, 11) is 0. The molecule has 1 aliphatic carbocycles. The smallest absolute Gasteiger partial charge is 0.339 e. The molecule has 0 aromatic carbocycles. The van der Waals surface area contributed by atoms with Crippen LogP contribution in [0, 0.1) is 17.8 Å². The molecule has 1 saturated carbocycles. The predicted molar refractivity (Wildman–Crippen MR) is 82.6 cm³/mol. The van der Waals surface area contributed by atoms with Crippen LogP contribution in [0.25, 0.3) is 0 Å². The number of anilines is 1. The summed E-state index contributed by atoms with van der Waals surface area (Å²) < 4.78 is 0. The number of nitrogens with zero attached hydrogens (tertiary/aromatic N) is 2. The summed E-state index contributed by atoms with van der Waals surface area (Å²) in [6, 6.07) is 0.318. The lowest BCUT2D eigenvalue weighted by molar-refractivity contribution is 0.0695. The van der Waals surface area contributed by atoms with Crippen molar-refractivity contribution in [3.05, 3.63) is 17.5 Å². The van der Waals surface area contributed by atoms with Crippen LogP contribution in [0.2, 0.25) is 0 Å². The molecule has 2 rings (SSSR count). The maximum Gasteiger partial charge on any atom is 0.339 e. The molecule has 1 aromatic rings. The molecule has 1 heterocycles. The Labute approximate surface area is 126 Å². The first kappa shape index (κ1) is 15.7. The van der Waals surface area contributed by atoms with Crippen molar-refractivity contribution < 1.29 is 9.90 Å². The molecule has 116 valence electrons. The van der Waals surface area contributed by atoms with Crippen molar-refractivity contribution >= 4 is 11.9 Å². The van der Waals surface area contributed by atoms with Crippen molar-refractivity contribution in [3.63, 3.8) is 0 Å². The fraction of sp³-hybridized carbons (Fsp3) is 0.688. The Balaban J connectivity index is 2.14. The first-order valence-corrected chi connectivity index (χ1v) is 7.41. The fourth-order valence-corrected chi connectivity index (χ4v) is 3.88. The number of hydrogen-bond acceptors (Lipinski definition) is 4. The van der Waals surface area contributed by atoms with Crippen molar-refractivity contribution in [1.29, 1.82) is 0 Å². The van der Waals surface area contributed by atoms with Crippen molar-refractivity contribution in [2.24, 2.45) is 10.8 Å². The number of aryl methyl sites for hydroxylation is 1. The molecule has 1 aliphatic rings. The maximum absolute atomic E-state index is 11.0. The molecule has 5 heteroatoms. The van der Waals surface area contributed by atoms with Gasteiger partial charge in [-0.2, -0.15) is 0 Å². The number of rotatable bonds is 3. The van der Waals surface area contributed by atoms with Gasteiger partial charge in [0.1, 0.15) is 0 Å². The third kappa shape index (κ3) is 3.93. The molecule has 5 nitrogen and oxygen atoms in total. The molecule has 1 fully saturated rings. The first-order chi connectivity index (χ1) is 9.58. The standard InChI is InChI=1S/C16H25N3O2/c1-10-12(13(20)21)8-17-14(18-10)19-11-6-15(2,3)9-16(4,5)7-11/h8,11H,6-7,9H2,1-5H3,(H,20,21)(H,17,18,19). The van der Waals surface area contributed by atoms with Gasteiger partial charge in [-0.1, -0.05) is 27.7 Å². The third-order valence-corrected chi connectivity index (χ3v) is 4.10. The van der Waals surface area contributed by atoms with Crippen LogP contribution >= 0.6 is 0 Å². The zero-order chi connectivity index (χ0) is 15.8. The molecular formula is C16H25N3O2. The minimum absolute atomic E-state index is 0.157. The topological polar surface area (TPSA) is 75.1 Å². The molecular weight excluding hydrogens is 266 g/mol. The second kappa shape index (κ2) is 5.28. The van der Waals surface area contributed by atoms with Gasteiger partial charge in [-0.05, 0) is 37.0 Å². The SMILES string of the molecule is Cc1nc(NC2CC(C)(C)CC(C)(C)C2)ncc1C(=O)O. The Morgan fingerprint density at radius 3 is 2.33 bits per heavy atom. The molecule has 0 atom stereocenters. The van der Waals surface area contributed by atoms with Crippen molar-refractivity contribution in [3.8, 4) is 0 Å². The van der Waals surface area contributed by atoms with E-state index in [4.69, 9.17) is 5.11 Å². The second-order valence-electron chi connectivity index (χ2n) is 7.75. The number of aromatic nitrogens is 2. The molecule has 1 aromatic heterocycles. The van der Waals surface area contributed by atoms with E-state index < -0.39 is 5.97 Å². The van der Waals surface area contributed by atoms with Gasteiger partial charge in [0.15, 0.2) is 0 Å². The van der Waals surface area contributed by atoms with E-state index in [0.29, 0.717) is 17.7 Å². The van der Waals surface area contributed by atoms with Crippen LogP contribution in [0.5, 0.6) is 0 Å². The number of hydrogen-bond donors (Lipinski definition) is 2. The normalized spacial score (nSPS) is 21.0. The van der Waals surface area contributed by atoms with Crippen LogP contribution < -0.4 is 5.32 Å². The molecule has 0 unspecified atom stereocenters. The molecule has 21 heavy (non-hydrogen) atoms. The van der Waals surface area contributed by atoms with E-state index in [1.165, 1.54) is 12.6 Å². The Morgan fingerprint density at radius 2 is 1.86 bits per heavy atom. The predicted octanol–water partition coefficient (Wildman–Crippen LogP) is 3.50. The van der Waals surface area contributed by atoms with Crippen LogP contribution in [-0.2, 0) is 0 Å². The van der Waals surface area contributed by atoms with Gasteiger partial charge in [-0.15, -0.1) is 0 Å².